The molecule has 0 amide bonds. The Morgan fingerprint density at radius 3 is 2.81 bits per heavy atom. The van der Waals surface area contributed by atoms with Crippen molar-refractivity contribution >= 4 is 40.9 Å². The summed E-state index contributed by atoms with van der Waals surface area (Å²) in [5.41, 5.74) is 0.324. The molecule has 1 aliphatic rings. The Morgan fingerprint density at radius 2 is 2.22 bits per heavy atom. The lowest BCUT2D eigenvalue weighted by Gasteiger charge is -2.12. The van der Waals surface area contributed by atoms with Crippen LogP contribution in [0, 0.1) is 17.2 Å². The molecule has 0 saturated heterocycles. The number of nitriles is 1. The highest BCUT2D eigenvalue weighted by atomic mass is 35.5. The Hall–Kier alpha value is -2.43. The van der Waals surface area contributed by atoms with Crippen LogP contribution in [-0.2, 0) is 4.79 Å². The molecule has 1 N–H and O–H groups in total. The fourth-order valence-corrected chi connectivity index (χ4v) is 2.86. The Bertz CT molecular complexity index is 911. The lowest BCUT2D eigenvalue weighted by Crippen LogP contribution is -2.20. The molecule has 0 aliphatic heterocycles. The normalized spacial score (nSPS) is 14.4. The van der Waals surface area contributed by atoms with Gasteiger partial charge in [0, 0.05) is 6.20 Å². The van der Waals surface area contributed by atoms with E-state index in [4.69, 9.17) is 37.9 Å². The third-order valence-electron chi connectivity index (χ3n) is 4.04. The van der Waals surface area contributed by atoms with Gasteiger partial charge in [0.2, 0.25) is 5.88 Å². The maximum absolute atomic E-state index is 11.3. The second kappa shape index (κ2) is 8.51. The van der Waals surface area contributed by atoms with Gasteiger partial charge in [-0.1, -0.05) is 0 Å². The number of hydrogen-bond acceptors (Lipinski definition) is 5. The van der Waals surface area contributed by atoms with Crippen LogP contribution in [-0.4, -0.2) is 44.9 Å². The molecule has 142 valence electrons. The van der Waals surface area contributed by atoms with Gasteiger partial charge >= 0.3 is 5.97 Å². The number of imidazole rings is 1. The summed E-state index contributed by atoms with van der Waals surface area (Å²) in [6, 6.07) is 5.20. The van der Waals surface area contributed by atoms with Gasteiger partial charge in [0.05, 0.1) is 18.4 Å². The van der Waals surface area contributed by atoms with Gasteiger partial charge in [-0.15, -0.1) is 23.2 Å². The number of halogens is 2. The second-order valence-electron chi connectivity index (χ2n) is 6.15. The van der Waals surface area contributed by atoms with Gasteiger partial charge in [-0.05, 0) is 37.0 Å². The molecule has 2 aromatic rings. The van der Waals surface area contributed by atoms with E-state index in [1.807, 2.05) is 0 Å². The van der Waals surface area contributed by atoms with Crippen molar-refractivity contribution < 1.29 is 19.4 Å². The van der Waals surface area contributed by atoms with Gasteiger partial charge in [-0.2, -0.15) is 10.2 Å². The van der Waals surface area contributed by atoms with Crippen LogP contribution in [0.25, 0.3) is 11.7 Å². The second-order valence-corrected chi connectivity index (χ2v) is 6.76. The van der Waals surface area contributed by atoms with Crippen molar-refractivity contribution in [3.05, 3.63) is 29.6 Å². The number of fused-ring (bicyclic) bond motifs is 1. The van der Waals surface area contributed by atoms with Gasteiger partial charge in [-0.3, -0.25) is 4.40 Å². The minimum atomic E-state index is -1.34. The molecular formula is C18H17Cl2N3O4. The Kier molecular flexibility index (Phi) is 6.09. The van der Waals surface area contributed by atoms with Gasteiger partial charge in [-0.25, -0.2) is 4.79 Å². The van der Waals surface area contributed by atoms with Gasteiger partial charge in [0.15, 0.2) is 11.4 Å². The molecular weight excluding hydrogens is 393 g/mol. The summed E-state index contributed by atoms with van der Waals surface area (Å²) in [7, 11) is 0. The SMILES string of the molecule is N#CC(=Cc1c(OC(CCl)CCl)nc2c(OCC3CC3)cccn12)C(=O)O. The molecule has 2 heterocycles. The molecule has 0 aromatic carbocycles. The van der Waals surface area contributed by atoms with E-state index in [9.17, 15) is 9.90 Å². The van der Waals surface area contributed by atoms with Crippen molar-refractivity contribution in [2.45, 2.75) is 18.9 Å². The molecule has 7 nitrogen and oxygen atoms in total. The summed E-state index contributed by atoms with van der Waals surface area (Å²) in [4.78, 5) is 15.7. The largest absolute Gasteiger partial charge is 0.489 e. The lowest BCUT2D eigenvalue weighted by atomic mass is 10.2. The first-order chi connectivity index (χ1) is 13.1. The van der Waals surface area contributed by atoms with Crippen molar-refractivity contribution in [2.24, 2.45) is 5.92 Å². The van der Waals surface area contributed by atoms with Crippen LogP contribution in [0.5, 0.6) is 11.6 Å². The van der Waals surface area contributed by atoms with E-state index < -0.39 is 17.6 Å². The van der Waals surface area contributed by atoms with E-state index in [1.54, 1.807) is 28.8 Å². The molecule has 1 saturated carbocycles. The minimum absolute atomic E-state index is 0.135. The molecule has 0 unspecified atom stereocenters. The lowest BCUT2D eigenvalue weighted by molar-refractivity contribution is -0.132. The van der Waals surface area contributed by atoms with E-state index in [1.165, 1.54) is 6.08 Å². The highest BCUT2D eigenvalue weighted by Crippen LogP contribution is 2.32. The minimum Gasteiger partial charge on any atom is -0.489 e. The number of aromatic nitrogens is 2. The first-order valence-electron chi connectivity index (χ1n) is 8.35. The van der Waals surface area contributed by atoms with E-state index in [0.29, 0.717) is 29.6 Å². The fraction of sp³-hybridized carbons (Fsp3) is 0.389. The zero-order valence-electron chi connectivity index (χ0n) is 14.3. The Balaban J connectivity index is 2.08. The monoisotopic (exact) mass is 409 g/mol. The molecule has 3 rings (SSSR count). The first-order valence-corrected chi connectivity index (χ1v) is 9.41. The molecule has 2 aromatic heterocycles. The number of alkyl halides is 2. The smallest absolute Gasteiger partial charge is 0.346 e. The maximum atomic E-state index is 11.3. The standard InChI is InChI=1S/C18H17Cl2N3O4/c19-7-13(8-20)27-17-14(6-12(9-21)18(24)25)23-5-1-2-15(16(23)22-17)26-10-11-3-4-11/h1-2,5-6,11,13H,3-4,7-8,10H2,(H,24,25). The van der Waals surface area contributed by atoms with Crippen LogP contribution in [0.2, 0.25) is 0 Å². The zero-order chi connectivity index (χ0) is 19.4. The molecule has 1 aliphatic carbocycles. The summed E-state index contributed by atoms with van der Waals surface area (Å²) >= 11 is 11.7. The van der Waals surface area contributed by atoms with Crippen molar-refractivity contribution in [2.75, 3.05) is 18.4 Å². The van der Waals surface area contributed by atoms with Crippen LogP contribution in [0.4, 0.5) is 0 Å². The highest BCUT2D eigenvalue weighted by Gasteiger charge is 2.24. The van der Waals surface area contributed by atoms with Crippen LogP contribution in [0.1, 0.15) is 18.5 Å². The topological polar surface area (TPSA) is 96.9 Å². The third kappa shape index (κ3) is 4.46. The number of hydrogen-bond donors (Lipinski definition) is 1. The summed E-state index contributed by atoms with van der Waals surface area (Å²) in [6.45, 7) is 0.596. The molecule has 9 heteroatoms. The number of carboxylic acid groups (broad SMARTS) is 1. The van der Waals surface area contributed by atoms with Crippen molar-refractivity contribution in [1.29, 1.82) is 5.26 Å². The third-order valence-corrected chi connectivity index (χ3v) is 4.73. The van der Waals surface area contributed by atoms with E-state index in [0.717, 1.165) is 12.8 Å². The molecule has 0 atom stereocenters. The van der Waals surface area contributed by atoms with Crippen molar-refractivity contribution in [3.63, 3.8) is 0 Å². The number of nitrogens with zero attached hydrogens (tertiary/aromatic N) is 3. The summed E-state index contributed by atoms with van der Waals surface area (Å²) in [6.07, 6.45) is 4.69. The summed E-state index contributed by atoms with van der Waals surface area (Å²) in [5, 5.41) is 18.3. The zero-order valence-corrected chi connectivity index (χ0v) is 15.8. The van der Waals surface area contributed by atoms with E-state index >= 15 is 0 Å². The maximum Gasteiger partial charge on any atom is 0.346 e. The van der Waals surface area contributed by atoms with E-state index in [-0.39, 0.29) is 17.6 Å². The molecule has 1 fully saturated rings. The average molecular weight is 410 g/mol. The number of rotatable bonds is 9. The number of pyridine rings is 1. The Morgan fingerprint density at radius 1 is 1.48 bits per heavy atom. The molecule has 0 bridgehead atoms. The molecule has 27 heavy (non-hydrogen) atoms. The first kappa shape index (κ1) is 19.3. The number of aliphatic carboxylic acids is 1. The fourth-order valence-electron chi connectivity index (χ4n) is 2.40. The molecule has 0 spiro atoms. The number of ether oxygens (including phenoxy) is 2. The van der Waals surface area contributed by atoms with Crippen LogP contribution >= 0.6 is 23.2 Å². The van der Waals surface area contributed by atoms with Crippen LogP contribution in [0.15, 0.2) is 23.9 Å². The number of carboxylic acids is 1. The number of carbonyl (C=O) groups is 1. The van der Waals surface area contributed by atoms with E-state index in [2.05, 4.69) is 4.98 Å². The molecule has 0 radical (unpaired) electrons. The summed E-state index contributed by atoms with van der Waals surface area (Å²) < 4.78 is 13.2. The van der Waals surface area contributed by atoms with Crippen molar-refractivity contribution in [3.8, 4) is 17.7 Å². The van der Waals surface area contributed by atoms with Gasteiger partial charge in [0.1, 0.15) is 23.4 Å². The van der Waals surface area contributed by atoms with Crippen molar-refractivity contribution in [1.82, 2.24) is 9.38 Å². The van der Waals surface area contributed by atoms with Crippen LogP contribution in [0.3, 0.4) is 0 Å². The Labute approximate surface area is 165 Å². The highest BCUT2D eigenvalue weighted by molar-refractivity contribution is 6.21. The van der Waals surface area contributed by atoms with Gasteiger partial charge < -0.3 is 14.6 Å². The van der Waals surface area contributed by atoms with Gasteiger partial charge in [0.25, 0.3) is 0 Å². The predicted octanol–water partition coefficient (Wildman–Crippen LogP) is 3.34. The predicted molar refractivity (Wildman–Crippen MR) is 100 cm³/mol. The quantitative estimate of drug-likeness (QED) is 0.387. The van der Waals surface area contributed by atoms with Crippen LogP contribution < -0.4 is 9.47 Å². The average Bonchev–Trinajstić information content (AvgIpc) is 3.43. The summed E-state index contributed by atoms with van der Waals surface area (Å²) in [5.74, 6) is 0.175.